The molecular formula is C26H28F2N6O4S. The average Bonchev–Trinajstić information content (AvgIpc) is 3.42. The molecule has 0 aliphatic heterocycles. The molecule has 0 saturated heterocycles. The third-order valence-corrected chi connectivity index (χ3v) is 6.04. The molecule has 4 rings (SSSR count). The minimum absolute atomic E-state index is 0.131. The number of carbonyl (C=O) groups excluding carboxylic acids is 2. The maximum Gasteiger partial charge on any atom is 0.387 e. The Hall–Kier alpha value is -4.00. The normalized spacial score (nSPS) is 11.8. The Morgan fingerprint density at radius 2 is 1.97 bits per heavy atom. The Bertz CT molecular complexity index is 1500. The van der Waals surface area contributed by atoms with Gasteiger partial charge in [-0.15, -0.1) is 11.8 Å². The monoisotopic (exact) mass is 558 g/mol. The number of nitrogens with one attached hydrogen (secondary N) is 1. The number of fused-ring (bicyclic) bond motifs is 1. The van der Waals surface area contributed by atoms with Gasteiger partial charge in [-0.2, -0.15) is 19.0 Å². The summed E-state index contributed by atoms with van der Waals surface area (Å²) in [5.74, 6) is -1.24. The molecule has 1 amide bonds. The van der Waals surface area contributed by atoms with E-state index in [0.717, 1.165) is 4.90 Å². The second-order valence-electron chi connectivity index (χ2n) is 9.78. The van der Waals surface area contributed by atoms with E-state index in [-0.39, 0.29) is 40.1 Å². The van der Waals surface area contributed by atoms with Gasteiger partial charge in [0.1, 0.15) is 29.2 Å². The summed E-state index contributed by atoms with van der Waals surface area (Å²) in [4.78, 5) is 30.8. The third-order valence-electron chi connectivity index (χ3n) is 5.04. The van der Waals surface area contributed by atoms with Crippen molar-refractivity contribution in [1.82, 2.24) is 24.4 Å². The molecule has 0 saturated carbocycles. The van der Waals surface area contributed by atoms with Crippen LogP contribution in [0.4, 0.5) is 14.5 Å². The number of hydrogen-bond donors (Lipinski definition) is 1. The highest BCUT2D eigenvalue weighted by molar-refractivity contribution is 7.99. The van der Waals surface area contributed by atoms with Crippen LogP contribution in [0.5, 0.6) is 5.75 Å². The summed E-state index contributed by atoms with van der Waals surface area (Å²) in [6.45, 7) is 5.85. The number of ether oxygens (including phenoxy) is 2. The Morgan fingerprint density at radius 1 is 1.21 bits per heavy atom. The van der Waals surface area contributed by atoms with Crippen LogP contribution in [0.1, 0.15) is 45.0 Å². The lowest BCUT2D eigenvalue weighted by atomic mass is 10.1. The zero-order valence-electron chi connectivity index (χ0n) is 22.0. The molecule has 0 atom stereocenters. The summed E-state index contributed by atoms with van der Waals surface area (Å²) in [5, 5.41) is 11.6. The van der Waals surface area contributed by atoms with Crippen molar-refractivity contribution >= 4 is 35.0 Å². The van der Waals surface area contributed by atoms with E-state index in [1.165, 1.54) is 45.6 Å². The second-order valence-corrected chi connectivity index (χ2v) is 11.4. The number of thioether (sulfide) groups is 1. The van der Waals surface area contributed by atoms with E-state index in [0.29, 0.717) is 5.65 Å². The first kappa shape index (κ1) is 28.0. The largest absolute Gasteiger partial charge is 0.459 e. The summed E-state index contributed by atoms with van der Waals surface area (Å²) in [6, 6.07) is 6.44. The number of nitrogens with zero attached hydrogens (tertiary/aromatic N) is 5. The molecule has 10 nitrogen and oxygen atoms in total. The lowest BCUT2D eigenvalue weighted by molar-refractivity contribution is -0.155. The molecule has 0 aliphatic rings. The number of alkyl halides is 2. The first-order valence-electron chi connectivity index (χ1n) is 12.0. The quantitative estimate of drug-likeness (QED) is 0.218. The SMILES string of the molecule is CC(C)Sc1ccc(OC(F)F)c(-c2nn(CC(=O)OC(C)(C)C)cc2NC(=O)c2cnn3cccnc23)c1. The molecule has 0 unspecified atom stereocenters. The van der Waals surface area contributed by atoms with Crippen LogP contribution in [-0.4, -0.2) is 53.7 Å². The molecule has 206 valence electrons. The van der Waals surface area contributed by atoms with Gasteiger partial charge in [-0.1, -0.05) is 13.8 Å². The van der Waals surface area contributed by atoms with Gasteiger partial charge in [0, 0.05) is 34.3 Å². The highest BCUT2D eigenvalue weighted by Crippen LogP contribution is 2.39. The van der Waals surface area contributed by atoms with Gasteiger partial charge < -0.3 is 14.8 Å². The summed E-state index contributed by atoms with van der Waals surface area (Å²) in [5.41, 5.74) is 0.325. The van der Waals surface area contributed by atoms with Crippen LogP contribution in [-0.2, 0) is 16.1 Å². The zero-order valence-corrected chi connectivity index (χ0v) is 22.8. The number of benzene rings is 1. The van der Waals surface area contributed by atoms with Gasteiger partial charge >= 0.3 is 12.6 Å². The molecular weight excluding hydrogens is 530 g/mol. The predicted octanol–water partition coefficient (Wildman–Crippen LogP) is 5.29. The number of rotatable bonds is 9. The molecule has 13 heteroatoms. The van der Waals surface area contributed by atoms with Gasteiger partial charge in [0.15, 0.2) is 5.65 Å². The van der Waals surface area contributed by atoms with Crippen LogP contribution in [0, 0.1) is 0 Å². The van der Waals surface area contributed by atoms with Crippen LogP contribution < -0.4 is 10.1 Å². The van der Waals surface area contributed by atoms with E-state index >= 15 is 0 Å². The Kier molecular flexibility index (Phi) is 8.19. The molecule has 4 aromatic rings. The summed E-state index contributed by atoms with van der Waals surface area (Å²) >= 11 is 1.52. The van der Waals surface area contributed by atoms with Gasteiger partial charge in [-0.3, -0.25) is 14.3 Å². The minimum Gasteiger partial charge on any atom is -0.459 e. The van der Waals surface area contributed by atoms with Crippen molar-refractivity contribution in [2.75, 3.05) is 5.32 Å². The van der Waals surface area contributed by atoms with Crippen LogP contribution in [0.25, 0.3) is 16.9 Å². The smallest absolute Gasteiger partial charge is 0.387 e. The maximum atomic E-state index is 13.3. The molecule has 0 radical (unpaired) electrons. The summed E-state index contributed by atoms with van der Waals surface area (Å²) in [7, 11) is 0. The zero-order chi connectivity index (χ0) is 28.3. The third kappa shape index (κ3) is 7.11. The number of carbonyl (C=O) groups is 2. The molecule has 0 spiro atoms. The number of amides is 1. The molecule has 0 bridgehead atoms. The number of esters is 1. The van der Waals surface area contributed by atoms with E-state index in [4.69, 9.17) is 9.47 Å². The number of halogens is 2. The van der Waals surface area contributed by atoms with Crippen LogP contribution in [0.3, 0.4) is 0 Å². The van der Waals surface area contributed by atoms with Gasteiger partial charge in [-0.25, -0.2) is 9.50 Å². The highest BCUT2D eigenvalue weighted by Gasteiger charge is 2.24. The van der Waals surface area contributed by atoms with Gasteiger partial charge in [0.05, 0.1) is 11.9 Å². The summed E-state index contributed by atoms with van der Waals surface area (Å²) in [6.07, 6.45) is 5.98. The minimum atomic E-state index is -3.08. The Balaban J connectivity index is 1.78. The lowest BCUT2D eigenvalue weighted by Gasteiger charge is -2.19. The first-order valence-corrected chi connectivity index (χ1v) is 12.9. The number of anilines is 1. The molecule has 0 fully saturated rings. The van der Waals surface area contributed by atoms with Gasteiger partial charge in [0.2, 0.25) is 0 Å². The number of aromatic nitrogens is 5. The highest BCUT2D eigenvalue weighted by atomic mass is 32.2. The topological polar surface area (TPSA) is 113 Å². The van der Waals surface area contributed by atoms with Crippen LogP contribution in [0.2, 0.25) is 0 Å². The lowest BCUT2D eigenvalue weighted by Crippen LogP contribution is -2.26. The van der Waals surface area contributed by atoms with Crippen molar-refractivity contribution in [2.24, 2.45) is 0 Å². The van der Waals surface area contributed by atoms with Gasteiger partial charge in [0.25, 0.3) is 5.91 Å². The van der Waals surface area contributed by atoms with E-state index in [9.17, 15) is 18.4 Å². The Labute approximate surface area is 227 Å². The standard InChI is InChI=1S/C26H28F2N6O4S/c1-15(2)39-16-7-8-20(37-25(27)28)17(11-16)22-19(13-33(32-22)14-21(35)38-26(3,4)5)31-24(36)18-12-30-34-10-6-9-29-23(18)34/h6-13,15,25H,14H2,1-5H3,(H,31,36). The first-order chi connectivity index (χ1) is 18.4. The van der Waals surface area contributed by atoms with Crippen molar-refractivity contribution in [3.05, 3.63) is 54.6 Å². The van der Waals surface area contributed by atoms with Gasteiger partial charge in [-0.05, 0) is 45.0 Å². The number of hydrogen-bond acceptors (Lipinski definition) is 8. The van der Waals surface area contributed by atoms with Crippen molar-refractivity contribution < 1.29 is 27.8 Å². The molecule has 3 heterocycles. The molecule has 1 N–H and O–H groups in total. The molecule has 39 heavy (non-hydrogen) atoms. The fourth-order valence-electron chi connectivity index (χ4n) is 3.71. The Morgan fingerprint density at radius 3 is 2.67 bits per heavy atom. The fourth-order valence-corrected chi connectivity index (χ4v) is 4.59. The van der Waals surface area contributed by atoms with E-state index in [1.807, 2.05) is 13.8 Å². The van der Waals surface area contributed by atoms with Crippen molar-refractivity contribution in [1.29, 1.82) is 0 Å². The van der Waals surface area contributed by atoms with E-state index < -0.39 is 24.1 Å². The van der Waals surface area contributed by atoms with Crippen LogP contribution in [0.15, 0.2) is 53.9 Å². The maximum absolute atomic E-state index is 13.3. The predicted molar refractivity (Wildman–Crippen MR) is 142 cm³/mol. The fraction of sp³-hybridized carbons (Fsp3) is 0.346. The van der Waals surface area contributed by atoms with Crippen molar-refractivity contribution in [3.8, 4) is 17.0 Å². The van der Waals surface area contributed by atoms with Crippen LogP contribution >= 0.6 is 11.8 Å². The van der Waals surface area contributed by atoms with Crippen molar-refractivity contribution in [2.45, 2.75) is 63.5 Å². The molecule has 1 aromatic carbocycles. The van der Waals surface area contributed by atoms with E-state index in [2.05, 4.69) is 20.5 Å². The molecule has 3 aromatic heterocycles. The second kappa shape index (κ2) is 11.4. The molecule has 0 aliphatic carbocycles. The average molecular weight is 559 g/mol. The van der Waals surface area contributed by atoms with Crippen molar-refractivity contribution in [3.63, 3.8) is 0 Å². The summed E-state index contributed by atoms with van der Waals surface area (Å²) < 4.78 is 39.5. The van der Waals surface area contributed by atoms with E-state index in [1.54, 1.807) is 45.2 Å².